The Hall–Kier alpha value is -4.34. The van der Waals surface area contributed by atoms with Gasteiger partial charge in [0.1, 0.15) is 0 Å². The Balaban J connectivity index is 1.35. The van der Waals surface area contributed by atoms with Crippen LogP contribution in [0.15, 0.2) is 48.5 Å². The number of nitrogens with one attached hydrogen (secondary N) is 1. The van der Waals surface area contributed by atoms with Crippen LogP contribution in [0.4, 0.5) is 24.5 Å². The van der Waals surface area contributed by atoms with Crippen LogP contribution in [-0.4, -0.2) is 48.9 Å². The highest BCUT2D eigenvalue weighted by Gasteiger charge is 2.48. The molecular weight excluding hydrogens is 535 g/mol. The standard InChI is InChI=1S/C31H30F3N3O4/c1-4-41-27-24(33)20(16-22(32)25(27)34)29(39)36-14-12-31(13-15-36)17-37(23-11-6-5-10-21(23)31)30(40)28(38)35-26-18(2)8-7-9-19(26)3/h5-11,16H,4,12-15,17H2,1-3H3,(H,35,38). The fraction of sp³-hybridized carbons (Fsp3) is 0.323. The number of ether oxygens (including phenoxy) is 1. The van der Waals surface area contributed by atoms with Crippen molar-refractivity contribution in [1.82, 2.24) is 4.90 Å². The molecule has 1 spiro atoms. The Kier molecular flexibility index (Phi) is 7.50. The molecule has 2 heterocycles. The first-order chi connectivity index (χ1) is 19.6. The van der Waals surface area contributed by atoms with Gasteiger partial charge in [0.2, 0.25) is 5.82 Å². The number of para-hydroxylation sites is 2. The van der Waals surface area contributed by atoms with E-state index in [4.69, 9.17) is 4.74 Å². The normalized spacial score (nSPS) is 15.6. The second kappa shape index (κ2) is 10.9. The van der Waals surface area contributed by atoms with E-state index in [9.17, 15) is 27.6 Å². The van der Waals surface area contributed by atoms with Crippen LogP contribution in [0, 0.1) is 31.3 Å². The number of likely N-dealkylation sites (tertiary alicyclic amines) is 1. The summed E-state index contributed by atoms with van der Waals surface area (Å²) in [5.41, 5.74) is 2.65. The van der Waals surface area contributed by atoms with Crippen molar-refractivity contribution in [3.8, 4) is 5.75 Å². The van der Waals surface area contributed by atoms with Crippen molar-refractivity contribution in [2.45, 2.75) is 39.0 Å². The van der Waals surface area contributed by atoms with E-state index >= 15 is 0 Å². The molecule has 0 aromatic heterocycles. The third-order valence-electron chi connectivity index (χ3n) is 8.03. The third-order valence-corrected chi connectivity index (χ3v) is 8.03. The molecule has 3 amide bonds. The maximum absolute atomic E-state index is 15.0. The van der Waals surface area contributed by atoms with Crippen molar-refractivity contribution in [3.05, 3.63) is 88.2 Å². The minimum Gasteiger partial charge on any atom is -0.488 e. The SMILES string of the molecule is CCOc1c(F)c(F)cc(C(=O)N2CCC3(CC2)CN(C(=O)C(=O)Nc2c(C)cccc2C)c2ccccc23)c1F. The van der Waals surface area contributed by atoms with Gasteiger partial charge < -0.3 is 19.9 Å². The first kappa shape index (κ1) is 28.2. The lowest BCUT2D eigenvalue weighted by Gasteiger charge is -2.40. The number of nitrogens with zero attached hydrogens (tertiary/aromatic N) is 2. The van der Waals surface area contributed by atoms with Crippen LogP contribution in [0.25, 0.3) is 0 Å². The number of piperidine rings is 1. The lowest BCUT2D eigenvalue weighted by Crippen LogP contribution is -2.49. The Morgan fingerprint density at radius 3 is 2.27 bits per heavy atom. The van der Waals surface area contributed by atoms with E-state index < -0.39 is 51.9 Å². The first-order valence-corrected chi connectivity index (χ1v) is 13.5. The molecule has 0 atom stereocenters. The molecule has 3 aromatic carbocycles. The molecule has 0 bridgehead atoms. The van der Waals surface area contributed by atoms with E-state index in [0.717, 1.165) is 16.7 Å². The topological polar surface area (TPSA) is 79.0 Å². The summed E-state index contributed by atoms with van der Waals surface area (Å²) in [5.74, 6) is -7.22. The quantitative estimate of drug-likeness (QED) is 0.345. The van der Waals surface area contributed by atoms with Crippen molar-refractivity contribution in [3.63, 3.8) is 0 Å². The van der Waals surface area contributed by atoms with Crippen molar-refractivity contribution < 1.29 is 32.3 Å². The van der Waals surface area contributed by atoms with E-state index in [1.807, 2.05) is 44.2 Å². The lowest BCUT2D eigenvalue weighted by atomic mass is 9.74. The van der Waals surface area contributed by atoms with Crippen LogP contribution in [-0.2, 0) is 15.0 Å². The molecular formula is C31H30F3N3O4. The number of halogens is 3. The number of fused-ring (bicyclic) bond motifs is 2. The first-order valence-electron chi connectivity index (χ1n) is 13.5. The number of hydrogen-bond donors (Lipinski definition) is 1. The summed E-state index contributed by atoms with van der Waals surface area (Å²) in [6, 6.07) is 13.5. The van der Waals surface area contributed by atoms with E-state index in [1.54, 1.807) is 12.1 Å². The Morgan fingerprint density at radius 2 is 1.61 bits per heavy atom. The van der Waals surface area contributed by atoms with Crippen LogP contribution < -0.4 is 15.0 Å². The zero-order chi connectivity index (χ0) is 29.5. The summed E-state index contributed by atoms with van der Waals surface area (Å²) in [5, 5.41) is 2.76. The molecule has 1 saturated heterocycles. The molecule has 2 aliphatic heterocycles. The minimum absolute atomic E-state index is 0.103. The van der Waals surface area contributed by atoms with E-state index in [0.29, 0.717) is 30.3 Å². The van der Waals surface area contributed by atoms with Crippen LogP contribution in [0.5, 0.6) is 5.75 Å². The largest absolute Gasteiger partial charge is 0.488 e. The molecule has 41 heavy (non-hydrogen) atoms. The van der Waals surface area contributed by atoms with Crippen molar-refractivity contribution >= 4 is 29.1 Å². The van der Waals surface area contributed by atoms with E-state index in [-0.39, 0.29) is 26.2 Å². The highest BCUT2D eigenvalue weighted by Crippen LogP contribution is 2.47. The fourth-order valence-electron chi connectivity index (χ4n) is 5.86. The monoisotopic (exact) mass is 565 g/mol. The van der Waals surface area contributed by atoms with E-state index in [2.05, 4.69) is 5.32 Å². The van der Waals surface area contributed by atoms with Crippen LogP contribution in [0.2, 0.25) is 0 Å². The smallest absolute Gasteiger partial charge is 0.316 e. The van der Waals surface area contributed by atoms with Gasteiger partial charge in [-0.2, -0.15) is 4.39 Å². The number of carbonyl (C=O) groups excluding carboxylic acids is 3. The maximum Gasteiger partial charge on any atom is 0.316 e. The predicted molar refractivity (Wildman–Crippen MR) is 148 cm³/mol. The third kappa shape index (κ3) is 4.92. The summed E-state index contributed by atoms with van der Waals surface area (Å²) in [6.45, 7) is 5.71. The molecule has 1 N–H and O–H groups in total. The molecule has 0 aliphatic carbocycles. The number of benzene rings is 3. The maximum atomic E-state index is 15.0. The molecule has 5 rings (SSSR count). The predicted octanol–water partition coefficient (Wildman–Crippen LogP) is 5.28. The van der Waals surface area contributed by atoms with Gasteiger partial charge in [0.25, 0.3) is 5.91 Å². The second-order valence-corrected chi connectivity index (χ2v) is 10.5. The number of rotatable bonds is 4. The van der Waals surface area contributed by atoms with E-state index in [1.165, 1.54) is 16.7 Å². The van der Waals surface area contributed by atoms with Gasteiger partial charge in [-0.05, 0) is 62.4 Å². The summed E-state index contributed by atoms with van der Waals surface area (Å²) in [7, 11) is 0. The van der Waals surface area contributed by atoms with Crippen LogP contribution in [0.1, 0.15) is 46.8 Å². The summed E-state index contributed by atoms with van der Waals surface area (Å²) < 4.78 is 48.1. The molecule has 214 valence electrons. The van der Waals surface area contributed by atoms with Crippen LogP contribution >= 0.6 is 0 Å². The zero-order valence-corrected chi connectivity index (χ0v) is 23.0. The highest BCUT2D eigenvalue weighted by atomic mass is 19.2. The Bertz CT molecular complexity index is 1530. The van der Waals surface area contributed by atoms with Crippen molar-refractivity contribution in [2.75, 3.05) is 36.5 Å². The number of anilines is 2. The highest BCUT2D eigenvalue weighted by molar-refractivity contribution is 6.44. The summed E-state index contributed by atoms with van der Waals surface area (Å²) in [4.78, 5) is 42.6. The van der Waals surface area contributed by atoms with Gasteiger partial charge in [-0.3, -0.25) is 14.4 Å². The molecule has 0 unspecified atom stereocenters. The Morgan fingerprint density at radius 1 is 0.951 bits per heavy atom. The van der Waals surface area contributed by atoms with Gasteiger partial charge in [-0.1, -0.05) is 36.4 Å². The van der Waals surface area contributed by atoms with Gasteiger partial charge in [0.05, 0.1) is 12.2 Å². The molecule has 10 heteroatoms. The number of hydrogen-bond acceptors (Lipinski definition) is 4. The average molecular weight is 566 g/mol. The van der Waals surface area contributed by atoms with Crippen molar-refractivity contribution in [1.29, 1.82) is 0 Å². The van der Waals surface area contributed by atoms with Crippen molar-refractivity contribution in [2.24, 2.45) is 0 Å². The summed E-state index contributed by atoms with van der Waals surface area (Å²) in [6.07, 6.45) is 0.837. The number of aryl methyl sites for hydroxylation is 2. The number of amides is 3. The Labute approximate surface area is 235 Å². The molecule has 0 saturated carbocycles. The van der Waals surface area contributed by atoms with Crippen LogP contribution in [0.3, 0.4) is 0 Å². The lowest BCUT2D eigenvalue weighted by molar-refractivity contribution is -0.134. The molecule has 1 fully saturated rings. The molecule has 2 aliphatic rings. The molecule has 0 radical (unpaired) electrons. The average Bonchev–Trinajstić information content (AvgIpc) is 3.28. The zero-order valence-electron chi connectivity index (χ0n) is 23.0. The number of carbonyl (C=O) groups is 3. The van der Waals surface area contributed by atoms with Gasteiger partial charge in [0.15, 0.2) is 17.4 Å². The molecule has 3 aromatic rings. The second-order valence-electron chi connectivity index (χ2n) is 10.5. The minimum atomic E-state index is -1.48. The van der Waals surface area contributed by atoms with Gasteiger partial charge >= 0.3 is 11.8 Å². The van der Waals surface area contributed by atoms with Gasteiger partial charge in [-0.15, -0.1) is 0 Å². The van der Waals surface area contributed by atoms with Gasteiger partial charge in [-0.25, -0.2) is 8.78 Å². The van der Waals surface area contributed by atoms with Gasteiger partial charge in [0, 0.05) is 36.4 Å². The molecule has 7 nitrogen and oxygen atoms in total. The summed E-state index contributed by atoms with van der Waals surface area (Å²) >= 11 is 0. The fourth-order valence-corrected chi connectivity index (χ4v) is 5.86.